The monoisotopic (exact) mass is 693 g/mol. The lowest BCUT2D eigenvalue weighted by Crippen LogP contribution is -2.55. The molecule has 250 valence electrons. The number of piperidine rings is 1. The van der Waals surface area contributed by atoms with Crippen LogP contribution in [0.2, 0.25) is 10.0 Å². The van der Waals surface area contributed by atoms with Crippen LogP contribution >= 0.6 is 34.5 Å². The number of hydrogen-bond acceptors (Lipinski definition) is 11. The number of piperazine rings is 1. The van der Waals surface area contributed by atoms with Crippen LogP contribution in [0.4, 0.5) is 10.9 Å². The van der Waals surface area contributed by atoms with Gasteiger partial charge in [0.1, 0.15) is 27.8 Å². The molecule has 5 heterocycles. The number of amides is 1. The fourth-order valence-electron chi connectivity index (χ4n) is 5.86. The van der Waals surface area contributed by atoms with Crippen LogP contribution in [0.25, 0.3) is 11.4 Å². The lowest BCUT2D eigenvalue weighted by molar-refractivity contribution is 0.0540. The van der Waals surface area contributed by atoms with Crippen LogP contribution in [0.5, 0.6) is 0 Å². The predicted octanol–water partition coefficient (Wildman–Crippen LogP) is 3.73. The van der Waals surface area contributed by atoms with Crippen molar-refractivity contribution in [3.8, 4) is 11.4 Å². The third-order valence-electron chi connectivity index (χ3n) is 8.74. The molecule has 13 nitrogen and oxygen atoms in total. The molecule has 5 rings (SSSR count). The number of aromatic amines is 1. The van der Waals surface area contributed by atoms with E-state index in [0.717, 1.165) is 69.5 Å². The number of carboxylic acids is 1. The molecule has 0 aliphatic carbocycles. The van der Waals surface area contributed by atoms with Gasteiger partial charge in [-0.25, -0.2) is 19.7 Å². The summed E-state index contributed by atoms with van der Waals surface area (Å²) in [6.07, 6.45) is 3.47. The highest BCUT2D eigenvalue weighted by Gasteiger charge is 2.34. The van der Waals surface area contributed by atoms with Crippen molar-refractivity contribution in [2.45, 2.75) is 39.3 Å². The molecule has 0 aromatic carbocycles. The number of carbonyl (C=O) groups excluding carboxylic acids is 1. The quantitative estimate of drug-likeness (QED) is 0.255. The molecule has 0 bridgehead atoms. The number of likely N-dealkylation sites (N-methyl/N-ethyl adjacent to an activating group) is 1. The molecule has 0 radical (unpaired) electrons. The highest BCUT2D eigenvalue weighted by atomic mass is 35.5. The van der Waals surface area contributed by atoms with E-state index in [4.69, 9.17) is 32.9 Å². The number of methoxy groups -OCH3 is 1. The molecule has 2 aliphatic heterocycles. The van der Waals surface area contributed by atoms with Gasteiger partial charge in [-0.1, -0.05) is 48.4 Å². The highest BCUT2D eigenvalue weighted by molar-refractivity contribution is 7.17. The molecule has 0 saturated carbocycles. The van der Waals surface area contributed by atoms with Crippen molar-refractivity contribution in [2.75, 3.05) is 82.4 Å². The number of thiazole rings is 1. The van der Waals surface area contributed by atoms with Gasteiger partial charge in [0.25, 0.3) is 5.91 Å². The molecule has 2 fully saturated rings. The first-order chi connectivity index (χ1) is 22.1. The lowest BCUT2D eigenvalue weighted by Gasteiger charge is -2.37. The first-order valence-electron chi connectivity index (χ1n) is 15.5. The van der Waals surface area contributed by atoms with Crippen LogP contribution in [-0.4, -0.2) is 131 Å². The maximum Gasteiger partial charge on any atom is 0.348 e. The lowest BCUT2D eigenvalue weighted by atomic mass is 10.0. The Labute approximate surface area is 282 Å². The van der Waals surface area contributed by atoms with Crippen LogP contribution in [0.1, 0.15) is 46.1 Å². The molecule has 46 heavy (non-hydrogen) atoms. The maximum atomic E-state index is 13.0. The molecule has 0 unspecified atom stereocenters. The number of carbonyl (C=O) groups is 2. The Morgan fingerprint density at radius 1 is 1.11 bits per heavy atom. The van der Waals surface area contributed by atoms with Crippen LogP contribution in [0.3, 0.4) is 0 Å². The zero-order chi connectivity index (χ0) is 33.0. The van der Waals surface area contributed by atoms with Gasteiger partial charge in [-0.3, -0.25) is 9.69 Å². The summed E-state index contributed by atoms with van der Waals surface area (Å²) < 4.78 is 5.73. The van der Waals surface area contributed by atoms with Crippen LogP contribution < -0.4 is 15.1 Å². The number of aryl methyl sites for hydroxylation is 1. The van der Waals surface area contributed by atoms with Crippen LogP contribution in [0.15, 0.2) is 12.4 Å². The summed E-state index contributed by atoms with van der Waals surface area (Å²) in [6.45, 7) is 14.9. The molecule has 3 aromatic rings. The molecule has 1 amide bonds. The first-order valence-corrected chi connectivity index (χ1v) is 17.1. The van der Waals surface area contributed by atoms with Crippen molar-refractivity contribution in [3.05, 3.63) is 38.7 Å². The van der Waals surface area contributed by atoms with E-state index in [2.05, 4.69) is 48.8 Å². The van der Waals surface area contributed by atoms with Gasteiger partial charge in [-0.15, -0.1) is 0 Å². The number of halogens is 2. The Hall–Kier alpha value is -3.01. The molecular weight excluding hydrogens is 653 g/mol. The molecular formula is C30H41Cl2N9O4S. The van der Waals surface area contributed by atoms with E-state index >= 15 is 0 Å². The van der Waals surface area contributed by atoms with E-state index in [1.165, 1.54) is 0 Å². The molecule has 0 spiro atoms. The van der Waals surface area contributed by atoms with Crippen LogP contribution in [-0.2, 0) is 4.74 Å². The summed E-state index contributed by atoms with van der Waals surface area (Å²) in [5.74, 6) is -0.679. The number of anilines is 2. The smallest absolute Gasteiger partial charge is 0.348 e. The fourth-order valence-corrected chi connectivity index (χ4v) is 7.22. The SMILES string of the molecule is CCN(CC)CCN1CCN(c2cnc(-c3nc(N4CC[C@@H](NC(=O)c5[nH]c(C)c(Cl)c5Cl)[C@@H](OC)C4)sc3C(=O)O)cn2)CC1. The van der Waals surface area contributed by atoms with Gasteiger partial charge in [-0.05, 0) is 26.4 Å². The van der Waals surface area contributed by atoms with Crippen LogP contribution in [0, 0.1) is 6.92 Å². The van der Waals surface area contributed by atoms with Crippen molar-refractivity contribution in [3.63, 3.8) is 0 Å². The zero-order valence-electron chi connectivity index (χ0n) is 26.6. The molecule has 3 N–H and O–H groups in total. The Kier molecular flexibility index (Phi) is 11.4. The van der Waals surface area contributed by atoms with E-state index in [9.17, 15) is 14.7 Å². The third-order valence-corrected chi connectivity index (χ3v) is 10.8. The number of nitrogens with one attached hydrogen (secondary N) is 2. The normalized spacial score (nSPS) is 19.2. The molecule has 2 atom stereocenters. The number of hydrogen-bond donors (Lipinski definition) is 3. The molecule has 2 saturated heterocycles. The van der Waals surface area contributed by atoms with Crippen molar-refractivity contribution in [1.82, 2.24) is 35.1 Å². The largest absolute Gasteiger partial charge is 0.477 e. The van der Waals surface area contributed by atoms with Gasteiger partial charge < -0.3 is 34.8 Å². The number of aromatic nitrogens is 4. The fraction of sp³-hybridized carbons (Fsp3) is 0.567. The average Bonchev–Trinajstić information content (AvgIpc) is 3.63. The van der Waals surface area contributed by atoms with Crippen molar-refractivity contribution in [2.24, 2.45) is 0 Å². The molecule has 3 aromatic heterocycles. The number of aromatic carboxylic acids is 1. The minimum absolute atomic E-state index is 0.0943. The second kappa shape index (κ2) is 15.3. The summed E-state index contributed by atoms with van der Waals surface area (Å²) in [6, 6.07) is -0.298. The average molecular weight is 695 g/mol. The van der Waals surface area contributed by atoms with E-state index in [1.54, 1.807) is 26.4 Å². The maximum absolute atomic E-state index is 13.0. The third kappa shape index (κ3) is 7.58. The Morgan fingerprint density at radius 2 is 1.85 bits per heavy atom. The van der Waals surface area contributed by atoms with Gasteiger partial charge in [-0.2, -0.15) is 0 Å². The Morgan fingerprint density at radius 3 is 2.43 bits per heavy atom. The predicted molar refractivity (Wildman–Crippen MR) is 181 cm³/mol. The number of ether oxygens (including phenoxy) is 1. The van der Waals surface area contributed by atoms with Crippen molar-refractivity contribution in [1.29, 1.82) is 0 Å². The minimum atomic E-state index is -1.08. The first kappa shape index (κ1) is 34.3. The summed E-state index contributed by atoms with van der Waals surface area (Å²) in [5, 5.41) is 14.1. The standard InChI is InChI=1S/C30H41Cl2N9O4S/c1-5-38(6-2)9-10-39-11-13-40(14-12-39)22-16-33-20(15-34-22)25-27(29(43)44)46-30(37-25)41-8-7-19(21(17-41)45-4)36-28(42)26-24(32)23(31)18(3)35-26/h15-16,19,21,35H,5-14,17H2,1-4H3,(H,36,42)(H,43,44)/t19-,21+/m1/s1. The van der Waals surface area contributed by atoms with Gasteiger partial charge in [0.05, 0.1) is 34.6 Å². The summed E-state index contributed by atoms with van der Waals surface area (Å²) in [7, 11) is 1.58. The minimum Gasteiger partial charge on any atom is -0.477 e. The van der Waals surface area contributed by atoms with Crippen molar-refractivity contribution < 1.29 is 19.4 Å². The van der Waals surface area contributed by atoms with E-state index in [1.807, 2.05) is 4.90 Å². The molecule has 2 aliphatic rings. The van der Waals surface area contributed by atoms with Gasteiger partial charge in [0, 0.05) is 65.2 Å². The Balaban J connectivity index is 1.22. The number of rotatable bonds is 12. The van der Waals surface area contributed by atoms with E-state index in [-0.39, 0.29) is 39.3 Å². The number of nitrogens with zero attached hydrogens (tertiary/aromatic N) is 7. The summed E-state index contributed by atoms with van der Waals surface area (Å²) >= 11 is 13.5. The van der Waals surface area contributed by atoms with Crippen molar-refractivity contribution >= 4 is 57.4 Å². The van der Waals surface area contributed by atoms with Gasteiger partial charge in [0.15, 0.2) is 5.13 Å². The number of H-pyrrole nitrogens is 1. The summed E-state index contributed by atoms with van der Waals surface area (Å²) in [4.78, 5) is 51.3. The highest BCUT2D eigenvalue weighted by Crippen LogP contribution is 2.34. The Bertz CT molecular complexity index is 1510. The number of carboxylic acid groups (broad SMARTS) is 1. The van der Waals surface area contributed by atoms with E-state index < -0.39 is 5.97 Å². The summed E-state index contributed by atoms with van der Waals surface area (Å²) in [5.41, 5.74) is 1.51. The van der Waals surface area contributed by atoms with Gasteiger partial charge >= 0.3 is 5.97 Å². The zero-order valence-corrected chi connectivity index (χ0v) is 28.9. The van der Waals surface area contributed by atoms with E-state index in [0.29, 0.717) is 41.1 Å². The second-order valence-electron chi connectivity index (χ2n) is 11.4. The second-order valence-corrected chi connectivity index (χ2v) is 13.2. The van der Waals surface area contributed by atoms with Gasteiger partial charge in [0.2, 0.25) is 0 Å². The topological polar surface area (TPSA) is 143 Å². The molecule has 16 heteroatoms.